The molecule has 43 heavy (non-hydrogen) atoms. The average Bonchev–Trinajstić information content (AvgIpc) is 3.25. The fourth-order valence-electron chi connectivity index (χ4n) is 6.12. The summed E-state index contributed by atoms with van der Waals surface area (Å²) in [7, 11) is 0. The number of amides is 1. The standard InChI is InChI=1S/C36H53N2O5/c1-5-6-7-8-9-10-11-12-13-14-15-16-27-43-32-23-21-31(22-24-32)36(4)26-25-35(3,38(36)42)30-19-17-29(18-20-30)33(39)37-28(2)34(40)41/h17-24,28H,5-16,25-27H2,1-4H3,(H,37,39)(H,40,41)/t28?,35-,36-/m0/s1. The monoisotopic (exact) mass is 593 g/mol. The van der Waals surface area contributed by atoms with E-state index < -0.39 is 29.0 Å². The van der Waals surface area contributed by atoms with Gasteiger partial charge in [0, 0.05) is 5.56 Å². The van der Waals surface area contributed by atoms with E-state index in [0.717, 1.165) is 23.3 Å². The summed E-state index contributed by atoms with van der Waals surface area (Å²) < 4.78 is 6.00. The maximum Gasteiger partial charge on any atom is 0.325 e. The molecule has 1 radical (unpaired) electrons. The lowest BCUT2D eigenvalue weighted by molar-refractivity contribution is -0.260. The molecule has 7 heteroatoms. The first-order valence-corrected chi connectivity index (χ1v) is 16.5. The van der Waals surface area contributed by atoms with Gasteiger partial charge in [0.1, 0.15) is 11.8 Å². The maximum atomic E-state index is 13.8. The van der Waals surface area contributed by atoms with Gasteiger partial charge in [-0.05, 0) is 75.4 Å². The van der Waals surface area contributed by atoms with Crippen LogP contribution >= 0.6 is 0 Å². The number of rotatable bonds is 19. The predicted molar refractivity (Wildman–Crippen MR) is 170 cm³/mol. The molecular weight excluding hydrogens is 540 g/mol. The van der Waals surface area contributed by atoms with Crippen molar-refractivity contribution in [2.24, 2.45) is 0 Å². The van der Waals surface area contributed by atoms with E-state index in [1.807, 2.05) is 38.1 Å². The van der Waals surface area contributed by atoms with Crippen molar-refractivity contribution in [3.63, 3.8) is 0 Å². The van der Waals surface area contributed by atoms with Crippen molar-refractivity contribution in [3.8, 4) is 5.75 Å². The summed E-state index contributed by atoms with van der Waals surface area (Å²) in [6, 6.07) is 13.9. The van der Waals surface area contributed by atoms with Crippen molar-refractivity contribution in [1.82, 2.24) is 10.4 Å². The molecule has 2 aromatic carbocycles. The van der Waals surface area contributed by atoms with Gasteiger partial charge < -0.3 is 15.2 Å². The van der Waals surface area contributed by atoms with Crippen LogP contribution in [0.2, 0.25) is 0 Å². The molecule has 2 N–H and O–H groups in total. The lowest BCUT2D eigenvalue weighted by Gasteiger charge is -2.37. The Morgan fingerprint density at radius 2 is 1.23 bits per heavy atom. The fraction of sp³-hybridized carbons (Fsp3) is 0.611. The molecule has 0 bridgehead atoms. The highest BCUT2D eigenvalue weighted by Crippen LogP contribution is 2.51. The van der Waals surface area contributed by atoms with Crippen LogP contribution in [0.15, 0.2) is 48.5 Å². The zero-order valence-corrected chi connectivity index (χ0v) is 26.8. The minimum absolute atomic E-state index is 0.359. The van der Waals surface area contributed by atoms with Crippen molar-refractivity contribution in [2.75, 3.05) is 6.61 Å². The third kappa shape index (κ3) is 9.54. The van der Waals surface area contributed by atoms with Crippen LogP contribution in [0, 0.1) is 0 Å². The first kappa shape index (κ1) is 34.6. The summed E-state index contributed by atoms with van der Waals surface area (Å²) in [5.41, 5.74) is 0.717. The summed E-state index contributed by atoms with van der Waals surface area (Å²) in [6.07, 6.45) is 17.2. The summed E-state index contributed by atoms with van der Waals surface area (Å²) >= 11 is 0. The van der Waals surface area contributed by atoms with Gasteiger partial charge in [-0.2, -0.15) is 0 Å². The number of carbonyl (C=O) groups excluding carboxylic acids is 1. The number of aliphatic carboxylic acids is 1. The molecule has 0 aliphatic carbocycles. The lowest BCUT2D eigenvalue weighted by atomic mass is 9.89. The quantitative estimate of drug-likeness (QED) is 0.159. The van der Waals surface area contributed by atoms with Crippen LogP contribution in [0.25, 0.3) is 0 Å². The van der Waals surface area contributed by atoms with Crippen LogP contribution in [-0.2, 0) is 21.1 Å². The van der Waals surface area contributed by atoms with Crippen molar-refractivity contribution < 1.29 is 24.6 Å². The van der Waals surface area contributed by atoms with E-state index in [9.17, 15) is 14.8 Å². The van der Waals surface area contributed by atoms with Gasteiger partial charge in [0.15, 0.2) is 0 Å². The first-order valence-electron chi connectivity index (χ1n) is 16.5. The van der Waals surface area contributed by atoms with Crippen molar-refractivity contribution >= 4 is 11.9 Å². The highest BCUT2D eigenvalue weighted by molar-refractivity contribution is 5.96. The van der Waals surface area contributed by atoms with E-state index in [4.69, 9.17) is 9.84 Å². The topological polar surface area (TPSA) is 98.8 Å². The molecule has 237 valence electrons. The molecule has 1 aliphatic rings. The van der Waals surface area contributed by atoms with Gasteiger partial charge in [-0.3, -0.25) is 9.59 Å². The largest absolute Gasteiger partial charge is 0.494 e. The van der Waals surface area contributed by atoms with Gasteiger partial charge in [-0.1, -0.05) is 102 Å². The molecule has 2 aromatic rings. The first-order chi connectivity index (χ1) is 20.6. The Balaban J connectivity index is 1.43. The van der Waals surface area contributed by atoms with Crippen LogP contribution in [0.5, 0.6) is 5.75 Å². The number of hydrogen-bond acceptors (Lipinski definition) is 4. The molecule has 0 aromatic heterocycles. The number of carbonyl (C=O) groups is 2. The van der Waals surface area contributed by atoms with Crippen molar-refractivity contribution in [3.05, 3.63) is 65.2 Å². The van der Waals surface area contributed by atoms with Gasteiger partial charge in [-0.15, -0.1) is 10.3 Å². The van der Waals surface area contributed by atoms with E-state index in [2.05, 4.69) is 12.2 Å². The van der Waals surface area contributed by atoms with Gasteiger partial charge in [0.05, 0.1) is 17.7 Å². The second kappa shape index (κ2) is 16.8. The molecule has 1 aliphatic heterocycles. The third-order valence-electron chi connectivity index (χ3n) is 9.22. The predicted octanol–water partition coefficient (Wildman–Crippen LogP) is 8.54. The van der Waals surface area contributed by atoms with E-state index in [-0.39, 0.29) is 0 Å². The van der Waals surface area contributed by atoms with Crippen LogP contribution in [0.3, 0.4) is 0 Å². The zero-order chi connectivity index (χ0) is 31.3. The molecule has 0 spiro atoms. The fourth-order valence-corrected chi connectivity index (χ4v) is 6.12. The summed E-state index contributed by atoms with van der Waals surface area (Å²) in [4.78, 5) is 23.4. The number of ether oxygens (including phenoxy) is 1. The van der Waals surface area contributed by atoms with Gasteiger partial charge >= 0.3 is 5.97 Å². The summed E-state index contributed by atoms with van der Waals surface area (Å²) in [6.45, 7) is 8.33. The van der Waals surface area contributed by atoms with Crippen LogP contribution in [-0.4, -0.2) is 34.7 Å². The van der Waals surface area contributed by atoms with Crippen molar-refractivity contribution in [1.29, 1.82) is 0 Å². The maximum absolute atomic E-state index is 13.8. The molecule has 7 nitrogen and oxygen atoms in total. The molecule has 3 atom stereocenters. The molecule has 1 saturated heterocycles. The Bertz CT molecular complexity index is 1140. The Morgan fingerprint density at radius 3 is 1.70 bits per heavy atom. The number of carboxylic acids is 1. The van der Waals surface area contributed by atoms with E-state index in [0.29, 0.717) is 25.0 Å². The number of hydroxylamine groups is 2. The number of unbranched alkanes of at least 4 members (excludes halogenated alkanes) is 11. The van der Waals surface area contributed by atoms with E-state index >= 15 is 0 Å². The SMILES string of the molecule is CCCCCCCCCCCCCCOc1ccc([C@]2(C)CC[C@@](C)(c3ccc(C(=O)NC(C)C(=O)O)cc3)N2[O])cc1. The summed E-state index contributed by atoms with van der Waals surface area (Å²) in [5.74, 6) is -0.716. The Kier molecular flexibility index (Phi) is 13.5. The molecule has 3 rings (SSSR count). The molecule has 0 saturated carbocycles. The van der Waals surface area contributed by atoms with Crippen LogP contribution < -0.4 is 10.1 Å². The van der Waals surface area contributed by atoms with Gasteiger partial charge in [0.2, 0.25) is 0 Å². The molecular formula is C36H53N2O5. The van der Waals surface area contributed by atoms with E-state index in [1.165, 1.54) is 82.6 Å². The van der Waals surface area contributed by atoms with Gasteiger partial charge in [-0.25, -0.2) is 0 Å². The Hall–Kier alpha value is -2.90. The second-order valence-electron chi connectivity index (χ2n) is 12.7. The minimum Gasteiger partial charge on any atom is -0.494 e. The third-order valence-corrected chi connectivity index (χ3v) is 9.22. The zero-order valence-electron chi connectivity index (χ0n) is 26.8. The minimum atomic E-state index is -1.09. The molecule has 1 unspecified atom stereocenters. The number of nitrogens with zero attached hydrogens (tertiary/aromatic N) is 1. The highest BCUT2D eigenvalue weighted by atomic mass is 16.5. The molecule has 1 fully saturated rings. The number of nitrogens with one attached hydrogen (secondary N) is 1. The average molecular weight is 594 g/mol. The van der Waals surface area contributed by atoms with Crippen LogP contribution in [0.4, 0.5) is 0 Å². The highest BCUT2D eigenvalue weighted by Gasteiger charge is 2.52. The number of hydrogen-bond donors (Lipinski definition) is 2. The Labute approximate surface area is 259 Å². The number of carboxylic acid groups (broad SMARTS) is 1. The van der Waals surface area contributed by atoms with Gasteiger partial charge in [0.25, 0.3) is 5.91 Å². The summed E-state index contributed by atoms with van der Waals surface area (Å²) in [5, 5.41) is 26.5. The smallest absolute Gasteiger partial charge is 0.325 e. The second-order valence-corrected chi connectivity index (χ2v) is 12.7. The van der Waals surface area contributed by atoms with Crippen molar-refractivity contribution in [2.45, 2.75) is 135 Å². The Morgan fingerprint density at radius 1 is 0.791 bits per heavy atom. The normalized spacial score (nSPS) is 21.0. The molecule has 1 amide bonds. The number of benzene rings is 2. The van der Waals surface area contributed by atoms with Crippen LogP contribution in [0.1, 0.15) is 139 Å². The van der Waals surface area contributed by atoms with E-state index in [1.54, 1.807) is 24.3 Å². The molecule has 1 heterocycles. The lowest BCUT2D eigenvalue weighted by Crippen LogP contribution is -2.44.